The molecule has 2 saturated heterocycles. The van der Waals surface area contributed by atoms with Crippen LogP contribution in [0.1, 0.15) is 37.8 Å². The molecule has 0 bridgehead atoms. The Bertz CT molecular complexity index is 499. The summed E-state index contributed by atoms with van der Waals surface area (Å²) in [7, 11) is 0. The lowest BCUT2D eigenvalue weighted by Gasteiger charge is -2.41. The summed E-state index contributed by atoms with van der Waals surface area (Å²) < 4.78 is 14.6. The molecule has 0 radical (unpaired) electrons. The first-order chi connectivity index (χ1) is 11.1. The van der Waals surface area contributed by atoms with Crippen molar-refractivity contribution in [2.45, 2.75) is 38.3 Å². The molecular weight excluding hydrogens is 313 g/mol. The first-order valence-corrected chi connectivity index (χ1v) is 9.16. The summed E-state index contributed by atoms with van der Waals surface area (Å²) in [6.45, 7) is 8.11. The zero-order valence-electron chi connectivity index (χ0n) is 13.9. The number of nitrogens with zero attached hydrogens (tertiary/aromatic N) is 2. The standard InChI is InChI=1S/C18H27ClFN3/c1-14-12-23(11-8-21-14)17(13-22-9-3-2-4-10-22)18-15(19)6-5-7-16(18)20/h5-7,14,17,21H,2-4,8-13H2,1H3. The van der Waals surface area contributed by atoms with Crippen LogP contribution in [0.4, 0.5) is 4.39 Å². The first kappa shape index (κ1) is 17.2. The third-order valence-corrected chi connectivity index (χ3v) is 5.38. The van der Waals surface area contributed by atoms with E-state index >= 15 is 0 Å². The van der Waals surface area contributed by atoms with E-state index in [1.165, 1.54) is 25.3 Å². The summed E-state index contributed by atoms with van der Waals surface area (Å²) in [5.41, 5.74) is 0.675. The van der Waals surface area contributed by atoms with Crippen molar-refractivity contribution in [1.82, 2.24) is 15.1 Å². The van der Waals surface area contributed by atoms with Crippen molar-refractivity contribution in [3.63, 3.8) is 0 Å². The Morgan fingerprint density at radius 1 is 1.26 bits per heavy atom. The van der Waals surface area contributed by atoms with Crippen molar-refractivity contribution in [2.24, 2.45) is 0 Å². The van der Waals surface area contributed by atoms with Gasteiger partial charge in [0.05, 0.1) is 6.04 Å². The molecule has 128 valence electrons. The molecule has 2 atom stereocenters. The number of likely N-dealkylation sites (tertiary alicyclic amines) is 1. The Morgan fingerprint density at radius 3 is 2.74 bits per heavy atom. The van der Waals surface area contributed by atoms with Gasteiger partial charge in [0, 0.05) is 42.8 Å². The van der Waals surface area contributed by atoms with E-state index in [1.54, 1.807) is 6.07 Å². The van der Waals surface area contributed by atoms with Gasteiger partial charge in [-0.3, -0.25) is 4.90 Å². The Hall–Kier alpha value is -0.680. The Kier molecular flexibility index (Phi) is 5.91. The molecule has 0 amide bonds. The largest absolute Gasteiger partial charge is 0.312 e. The van der Waals surface area contributed by atoms with Gasteiger partial charge in [-0.05, 0) is 45.0 Å². The van der Waals surface area contributed by atoms with Gasteiger partial charge in [0.15, 0.2) is 0 Å². The zero-order chi connectivity index (χ0) is 16.2. The van der Waals surface area contributed by atoms with E-state index in [9.17, 15) is 4.39 Å². The maximum Gasteiger partial charge on any atom is 0.129 e. The fourth-order valence-corrected chi connectivity index (χ4v) is 4.14. The third kappa shape index (κ3) is 4.24. The minimum atomic E-state index is -0.175. The van der Waals surface area contributed by atoms with Crippen LogP contribution >= 0.6 is 11.6 Å². The highest BCUT2D eigenvalue weighted by Gasteiger charge is 2.30. The van der Waals surface area contributed by atoms with E-state index in [-0.39, 0.29) is 11.9 Å². The van der Waals surface area contributed by atoms with Gasteiger partial charge in [0.2, 0.25) is 0 Å². The molecule has 0 spiro atoms. The second kappa shape index (κ2) is 7.93. The van der Waals surface area contributed by atoms with Gasteiger partial charge in [-0.15, -0.1) is 0 Å². The zero-order valence-corrected chi connectivity index (χ0v) is 14.7. The summed E-state index contributed by atoms with van der Waals surface area (Å²) in [5, 5.41) is 4.02. The molecule has 3 rings (SSSR count). The fourth-order valence-electron chi connectivity index (χ4n) is 3.85. The van der Waals surface area contributed by atoms with Crippen LogP contribution in [0.25, 0.3) is 0 Å². The van der Waals surface area contributed by atoms with Crippen LogP contribution in [0, 0.1) is 5.82 Å². The minimum Gasteiger partial charge on any atom is -0.312 e. The van der Waals surface area contributed by atoms with Gasteiger partial charge in [-0.1, -0.05) is 24.1 Å². The second-order valence-electron chi connectivity index (χ2n) is 6.86. The highest BCUT2D eigenvalue weighted by Crippen LogP contribution is 2.32. The van der Waals surface area contributed by atoms with E-state index in [0.717, 1.165) is 39.3 Å². The number of piperazine rings is 1. The lowest BCUT2D eigenvalue weighted by Crippen LogP contribution is -2.52. The predicted molar refractivity (Wildman–Crippen MR) is 93.5 cm³/mol. The van der Waals surface area contributed by atoms with Crippen molar-refractivity contribution in [2.75, 3.05) is 39.3 Å². The van der Waals surface area contributed by atoms with Gasteiger partial charge in [-0.25, -0.2) is 4.39 Å². The SMILES string of the molecule is CC1CN(C(CN2CCCCC2)c2c(F)cccc2Cl)CCN1. The van der Waals surface area contributed by atoms with Gasteiger partial charge in [-0.2, -0.15) is 0 Å². The monoisotopic (exact) mass is 339 g/mol. The molecule has 1 N–H and O–H groups in total. The number of nitrogens with one attached hydrogen (secondary N) is 1. The smallest absolute Gasteiger partial charge is 0.129 e. The molecule has 2 unspecified atom stereocenters. The van der Waals surface area contributed by atoms with Gasteiger partial charge in [0.1, 0.15) is 5.82 Å². The molecule has 23 heavy (non-hydrogen) atoms. The van der Waals surface area contributed by atoms with E-state index in [4.69, 9.17) is 11.6 Å². The maximum atomic E-state index is 14.6. The first-order valence-electron chi connectivity index (χ1n) is 8.79. The molecule has 1 aromatic rings. The highest BCUT2D eigenvalue weighted by molar-refractivity contribution is 6.31. The van der Waals surface area contributed by atoms with Gasteiger partial charge >= 0.3 is 0 Å². The molecule has 2 heterocycles. The molecule has 3 nitrogen and oxygen atoms in total. The van der Waals surface area contributed by atoms with Crippen molar-refractivity contribution in [3.8, 4) is 0 Å². The van der Waals surface area contributed by atoms with Crippen LogP contribution in [0.5, 0.6) is 0 Å². The van der Waals surface area contributed by atoms with Crippen molar-refractivity contribution < 1.29 is 4.39 Å². The van der Waals surface area contributed by atoms with E-state index in [0.29, 0.717) is 16.6 Å². The lowest BCUT2D eigenvalue weighted by atomic mass is 10.0. The van der Waals surface area contributed by atoms with Crippen LogP contribution in [0.3, 0.4) is 0 Å². The quantitative estimate of drug-likeness (QED) is 0.908. The van der Waals surface area contributed by atoms with Crippen LogP contribution in [-0.4, -0.2) is 55.1 Å². The average Bonchev–Trinajstić information content (AvgIpc) is 2.55. The summed E-state index contributed by atoms with van der Waals surface area (Å²) >= 11 is 6.40. The van der Waals surface area contributed by atoms with Gasteiger partial charge < -0.3 is 10.2 Å². The van der Waals surface area contributed by atoms with Crippen LogP contribution in [-0.2, 0) is 0 Å². The molecule has 0 saturated carbocycles. The molecule has 1 aromatic carbocycles. The van der Waals surface area contributed by atoms with Crippen molar-refractivity contribution in [3.05, 3.63) is 34.6 Å². The Morgan fingerprint density at radius 2 is 2.04 bits per heavy atom. The molecule has 2 fully saturated rings. The number of piperidine rings is 1. The van der Waals surface area contributed by atoms with E-state index in [2.05, 4.69) is 22.0 Å². The number of halogens is 2. The number of rotatable bonds is 4. The number of hydrogen-bond acceptors (Lipinski definition) is 3. The average molecular weight is 340 g/mol. The van der Waals surface area contributed by atoms with E-state index in [1.807, 2.05) is 6.07 Å². The summed E-state index contributed by atoms with van der Waals surface area (Å²) in [5.74, 6) is -0.175. The van der Waals surface area contributed by atoms with Crippen LogP contribution in [0.2, 0.25) is 5.02 Å². The third-order valence-electron chi connectivity index (χ3n) is 5.05. The molecule has 2 aliphatic rings. The highest BCUT2D eigenvalue weighted by atomic mass is 35.5. The molecular formula is C18H27ClFN3. The van der Waals surface area contributed by atoms with Crippen LogP contribution < -0.4 is 5.32 Å². The molecule has 0 aromatic heterocycles. The minimum absolute atomic E-state index is 0.0337. The number of benzene rings is 1. The maximum absolute atomic E-state index is 14.6. The second-order valence-corrected chi connectivity index (χ2v) is 7.27. The summed E-state index contributed by atoms with van der Waals surface area (Å²) in [6.07, 6.45) is 3.80. The summed E-state index contributed by atoms with van der Waals surface area (Å²) in [6, 6.07) is 5.51. The van der Waals surface area contributed by atoms with Crippen molar-refractivity contribution in [1.29, 1.82) is 0 Å². The number of hydrogen-bond donors (Lipinski definition) is 1. The van der Waals surface area contributed by atoms with E-state index < -0.39 is 0 Å². The topological polar surface area (TPSA) is 18.5 Å². The van der Waals surface area contributed by atoms with Crippen molar-refractivity contribution >= 4 is 11.6 Å². The molecule has 2 aliphatic heterocycles. The summed E-state index contributed by atoms with van der Waals surface area (Å²) in [4.78, 5) is 4.88. The normalized spacial score (nSPS) is 25.4. The predicted octanol–water partition coefficient (Wildman–Crippen LogP) is 3.30. The Balaban J connectivity index is 1.85. The molecule has 0 aliphatic carbocycles. The lowest BCUT2D eigenvalue weighted by molar-refractivity contribution is 0.0984. The van der Waals surface area contributed by atoms with Crippen LogP contribution in [0.15, 0.2) is 18.2 Å². The fraction of sp³-hybridized carbons (Fsp3) is 0.667. The van der Waals surface area contributed by atoms with Gasteiger partial charge in [0.25, 0.3) is 0 Å². The Labute approximate surface area is 143 Å². The molecule has 5 heteroatoms.